The molecule has 0 aromatic rings. The van der Waals surface area contributed by atoms with Crippen molar-refractivity contribution in [3.8, 4) is 0 Å². The third-order valence-corrected chi connectivity index (χ3v) is 5.26. The molecule has 2 aliphatic heterocycles. The zero-order valence-electron chi connectivity index (χ0n) is 10.4. The molecular formula is C11H21ClN2O3S. The van der Waals surface area contributed by atoms with Gasteiger partial charge in [0.25, 0.3) is 0 Å². The molecule has 0 aromatic heterocycles. The van der Waals surface area contributed by atoms with Crippen molar-refractivity contribution in [2.24, 2.45) is 0 Å². The molecular weight excluding hydrogens is 276 g/mol. The van der Waals surface area contributed by atoms with Gasteiger partial charge in [0.05, 0.1) is 17.5 Å². The number of carbonyl (C=O) groups is 1. The van der Waals surface area contributed by atoms with Crippen molar-refractivity contribution in [3.05, 3.63) is 0 Å². The molecule has 0 aromatic carbocycles. The summed E-state index contributed by atoms with van der Waals surface area (Å²) in [5.41, 5.74) is 0. The number of amides is 1. The lowest BCUT2D eigenvalue weighted by atomic mass is 10.0. The van der Waals surface area contributed by atoms with Gasteiger partial charge in [-0.1, -0.05) is 6.42 Å². The molecule has 2 saturated heterocycles. The maximum absolute atomic E-state index is 11.9. The number of carbonyl (C=O) groups excluding carboxylic acids is 1. The van der Waals surface area contributed by atoms with Crippen molar-refractivity contribution in [2.45, 2.75) is 44.2 Å². The fourth-order valence-corrected chi connectivity index (χ4v) is 4.15. The van der Waals surface area contributed by atoms with Crippen molar-refractivity contribution in [1.29, 1.82) is 0 Å². The Morgan fingerprint density at radius 1 is 1.17 bits per heavy atom. The number of piperidine rings is 1. The Bertz CT molecular complexity index is 380. The Kier molecular flexibility index (Phi) is 5.88. The van der Waals surface area contributed by atoms with E-state index in [1.807, 2.05) is 0 Å². The first-order chi connectivity index (χ1) is 8.07. The van der Waals surface area contributed by atoms with E-state index >= 15 is 0 Å². The van der Waals surface area contributed by atoms with Gasteiger partial charge in [0.2, 0.25) is 5.91 Å². The van der Waals surface area contributed by atoms with E-state index in [0.29, 0.717) is 6.42 Å². The highest BCUT2D eigenvalue weighted by atomic mass is 35.5. The minimum absolute atomic E-state index is 0. The Balaban J connectivity index is 0.00000162. The van der Waals surface area contributed by atoms with Crippen molar-refractivity contribution < 1.29 is 13.2 Å². The van der Waals surface area contributed by atoms with Crippen LogP contribution in [0.2, 0.25) is 0 Å². The van der Waals surface area contributed by atoms with Gasteiger partial charge in [-0.15, -0.1) is 12.4 Å². The van der Waals surface area contributed by atoms with Gasteiger partial charge in [-0.3, -0.25) is 4.79 Å². The standard InChI is InChI=1S/C11H20N2O3S.ClH/c14-11(10-5-1-2-6-12-10)13-9-4-3-7-17(15,16)8-9;/h9-10,12H,1-8H2,(H,13,14);1H. The third-order valence-electron chi connectivity index (χ3n) is 3.44. The molecule has 18 heavy (non-hydrogen) atoms. The molecule has 1 amide bonds. The number of halogens is 1. The summed E-state index contributed by atoms with van der Waals surface area (Å²) in [6, 6.07) is -0.321. The van der Waals surface area contributed by atoms with E-state index in [0.717, 1.165) is 32.2 Å². The van der Waals surface area contributed by atoms with Gasteiger partial charge < -0.3 is 10.6 Å². The van der Waals surface area contributed by atoms with Crippen molar-refractivity contribution >= 4 is 28.2 Å². The summed E-state index contributed by atoms with van der Waals surface area (Å²) in [7, 11) is -2.94. The summed E-state index contributed by atoms with van der Waals surface area (Å²) in [5, 5.41) is 6.03. The summed E-state index contributed by atoms with van der Waals surface area (Å²) in [4.78, 5) is 11.9. The van der Waals surface area contributed by atoms with Crippen LogP contribution in [0.5, 0.6) is 0 Å². The monoisotopic (exact) mass is 296 g/mol. The lowest BCUT2D eigenvalue weighted by Crippen LogP contribution is -2.52. The minimum Gasteiger partial charge on any atom is -0.351 e. The van der Waals surface area contributed by atoms with Crippen LogP contribution in [0.1, 0.15) is 32.1 Å². The van der Waals surface area contributed by atoms with Crippen LogP contribution in [0.15, 0.2) is 0 Å². The molecule has 2 unspecified atom stereocenters. The lowest BCUT2D eigenvalue weighted by molar-refractivity contribution is -0.124. The first-order valence-electron chi connectivity index (χ1n) is 6.31. The summed E-state index contributed by atoms with van der Waals surface area (Å²) < 4.78 is 22.9. The quantitative estimate of drug-likeness (QED) is 0.766. The van der Waals surface area contributed by atoms with Gasteiger partial charge in [0, 0.05) is 6.04 Å². The maximum Gasteiger partial charge on any atom is 0.237 e. The molecule has 0 bridgehead atoms. The van der Waals surface area contributed by atoms with Gasteiger partial charge >= 0.3 is 0 Å². The van der Waals surface area contributed by atoms with Crippen LogP contribution in [0, 0.1) is 0 Å². The molecule has 106 valence electrons. The molecule has 2 heterocycles. The first kappa shape index (κ1) is 15.7. The molecule has 0 spiro atoms. The molecule has 0 aliphatic carbocycles. The number of hydrogen-bond acceptors (Lipinski definition) is 4. The van der Waals surface area contributed by atoms with Crippen LogP contribution in [0.4, 0.5) is 0 Å². The van der Waals surface area contributed by atoms with Crippen LogP contribution < -0.4 is 10.6 Å². The number of nitrogens with one attached hydrogen (secondary N) is 2. The van der Waals surface area contributed by atoms with Crippen LogP contribution >= 0.6 is 12.4 Å². The summed E-state index contributed by atoms with van der Waals surface area (Å²) in [6.07, 6.45) is 4.46. The SMILES string of the molecule is Cl.O=C(NC1CCCS(=O)(=O)C1)C1CCCCN1. The summed E-state index contributed by atoms with van der Waals surface area (Å²) in [6.45, 7) is 0.876. The molecule has 5 nitrogen and oxygen atoms in total. The van der Waals surface area contributed by atoms with Gasteiger partial charge in [-0.05, 0) is 32.2 Å². The zero-order chi connectivity index (χ0) is 12.3. The minimum atomic E-state index is -2.94. The molecule has 2 aliphatic rings. The highest BCUT2D eigenvalue weighted by Crippen LogP contribution is 2.13. The molecule has 2 rings (SSSR count). The molecule has 2 N–H and O–H groups in total. The Labute approximate surface area is 114 Å². The highest BCUT2D eigenvalue weighted by molar-refractivity contribution is 7.91. The average molecular weight is 297 g/mol. The van der Waals surface area contributed by atoms with E-state index in [1.54, 1.807) is 0 Å². The predicted molar refractivity (Wildman–Crippen MR) is 72.7 cm³/mol. The van der Waals surface area contributed by atoms with Gasteiger partial charge in [-0.2, -0.15) is 0 Å². The topological polar surface area (TPSA) is 75.3 Å². The Morgan fingerprint density at radius 3 is 2.56 bits per heavy atom. The summed E-state index contributed by atoms with van der Waals surface area (Å²) in [5.74, 6) is 0.332. The fourth-order valence-electron chi connectivity index (χ4n) is 2.51. The maximum atomic E-state index is 11.9. The Hall–Kier alpha value is -0.330. The van der Waals surface area contributed by atoms with E-state index in [4.69, 9.17) is 0 Å². The van der Waals surface area contributed by atoms with E-state index in [9.17, 15) is 13.2 Å². The van der Waals surface area contributed by atoms with Gasteiger partial charge in [0.15, 0.2) is 9.84 Å². The van der Waals surface area contributed by atoms with Crippen LogP contribution in [0.3, 0.4) is 0 Å². The van der Waals surface area contributed by atoms with E-state index in [2.05, 4.69) is 10.6 Å². The normalized spacial score (nSPS) is 31.1. The smallest absolute Gasteiger partial charge is 0.237 e. The second kappa shape index (κ2) is 6.73. The highest BCUT2D eigenvalue weighted by Gasteiger charge is 2.28. The van der Waals surface area contributed by atoms with Crippen LogP contribution in [-0.2, 0) is 14.6 Å². The predicted octanol–water partition coefficient (Wildman–Crippen LogP) is 0.244. The second-order valence-corrected chi connectivity index (χ2v) is 7.19. The molecule has 7 heteroatoms. The third kappa shape index (κ3) is 4.40. The first-order valence-corrected chi connectivity index (χ1v) is 8.13. The number of hydrogen-bond donors (Lipinski definition) is 2. The fraction of sp³-hybridized carbons (Fsp3) is 0.909. The number of rotatable bonds is 2. The second-order valence-electron chi connectivity index (χ2n) is 4.96. The largest absolute Gasteiger partial charge is 0.351 e. The average Bonchev–Trinajstić information content (AvgIpc) is 2.29. The van der Waals surface area contributed by atoms with Crippen molar-refractivity contribution in [3.63, 3.8) is 0 Å². The van der Waals surface area contributed by atoms with Crippen LogP contribution in [-0.4, -0.2) is 44.5 Å². The number of sulfone groups is 1. The van der Waals surface area contributed by atoms with E-state index < -0.39 is 9.84 Å². The molecule has 0 saturated carbocycles. The van der Waals surface area contributed by atoms with Crippen molar-refractivity contribution in [1.82, 2.24) is 10.6 Å². The van der Waals surface area contributed by atoms with Crippen molar-refractivity contribution in [2.75, 3.05) is 18.1 Å². The van der Waals surface area contributed by atoms with Crippen LogP contribution in [0.25, 0.3) is 0 Å². The van der Waals surface area contributed by atoms with Gasteiger partial charge in [0.1, 0.15) is 0 Å². The Morgan fingerprint density at radius 2 is 1.94 bits per heavy atom. The molecule has 2 fully saturated rings. The summed E-state index contributed by atoms with van der Waals surface area (Å²) >= 11 is 0. The zero-order valence-corrected chi connectivity index (χ0v) is 12.0. The van der Waals surface area contributed by atoms with Gasteiger partial charge in [-0.25, -0.2) is 8.42 Å². The van der Waals surface area contributed by atoms with E-state index in [-0.39, 0.29) is 41.9 Å². The molecule has 2 atom stereocenters. The van der Waals surface area contributed by atoms with E-state index in [1.165, 1.54) is 0 Å². The molecule has 0 radical (unpaired) electrons. The lowest BCUT2D eigenvalue weighted by Gasteiger charge is -2.27.